The summed E-state index contributed by atoms with van der Waals surface area (Å²) in [6.45, 7) is 4.85. The summed E-state index contributed by atoms with van der Waals surface area (Å²) < 4.78 is 6.97. The summed E-state index contributed by atoms with van der Waals surface area (Å²) in [5, 5.41) is 7.95. The monoisotopic (exact) mass is 481 g/mol. The van der Waals surface area contributed by atoms with E-state index in [2.05, 4.69) is 30.5 Å². The van der Waals surface area contributed by atoms with Gasteiger partial charge in [-0.1, -0.05) is 11.8 Å². The van der Waals surface area contributed by atoms with Crippen LogP contribution in [-0.4, -0.2) is 69.4 Å². The number of anilines is 1. The molecule has 5 heterocycles. The number of nitrogens with one attached hydrogen (secondary N) is 2. The van der Waals surface area contributed by atoms with Gasteiger partial charge in [0.1, 0.15) is 10.7 Å². The molecule has 2 aliphatic heterocycles. The Hall–Kier alpha value is -3.02. The van der Waals surface area contributed by atoms with Gasteiger partial charge in [0, 0.05) is 43.7 Å². The highest BCUT2D eigenvalue weighted by molar-refractivity contribution is 8.00. The van der Waals surface area contributed by atoms with E-state index in [-0.39, 0.29) is 11.5 Å². The molecule has 10 nitrogen and oxygen atoms in total. The van der Waals surface area contributed by atoms with Gasteiger partial charge >= 0.3 is 0 Å². The second-order valence-electron chi connectivity index (χ2n) is 8.53. The van der Waals surface area contributed by atoms with E-state index in [1.54, 1.807) is 36.1 Å². The summed E-state index contributed by atoms with van der Waals surface area (Å²) in [4.78, 5) is 39.9. The molecule has 0 aliphatic carbocycles. The van der Waals surface area contributed by atoms with Gasteiger partial charge in [-0.25, -0.2) is 9.97 Å². The Bertz CT molecular complexity index is 1270. The molecule has 5 rings (SSSR count). The van der Waals surface area contributed by atoms with E-state index in [0.29, 0.717) is 42.1 Å². The predicted octanol–water partition coefficient (Wildman–Crippen LogP) is 1.35. The topological polar surface area (TPSA) is 114 Å². The Morgan fingerprint density at radius 1 is 1.21 bits per heavy atom. The van der Waals surface area contributed by atoms with E-state index in [4.69, 9.17) is 4.74 Å². The number of amides is 1. The maximum Gasteiger partial charge on any atom is 0.252 e. The van der Waals surface area contributed by atoms with Crippen molar-refractivity contribution in [3.05, 3.63) is 46.5 Å². The van der Waals surface area contributed by atoms with Gasteiger partial charge in [-0.05, 0) is 37.6 Å². The number of carbonyl (C=O) groups is 1. The number of hydrogen-bond acceptors (Lipinski definition) is 9. The highest BCUT2D eigenvalue weighted by Gasteiger charge is 2.23. The molecule has 1 amide bonds. The van der Waals surface area contributed by atoms with E-state index < -0.39 is 0 Å². The number of pyridine rings is 2. The van der Waals surface area contributed by atoms with Gasteiger partial charge in [0.15, 0.2) is 5.82 Å². The van der Waals surface area contributed by atoms with Crippen LogP contribution in [0, 0.1) is 5.92 Å². The summed E-state index contributed by atoms with van der Waals surface area (Å²) in [6, 6.07) is 7.13. The van der Waals surface area contributed by atoms with Crippen LogP contribution in [0.25, 0.3) is 11.0 Å². The van der Waals surface area contributed by atoms with Crippen LogP contribution in [0.2, 0.25) is 0 Å². The normalized spacial score (nSPS) is 18.1. The van der Waals surface area contributed by atoms with E-state index in [9.17, 15) is 9.59 Å². The lowest BCUT2D eigenvalue weighted by Crippen LogP contribution is -2.31. The van der Waals surface area contributed by atoms with Gasteiger partial charge in [-0.3, -0.25) is 14.2 Å². The molecular weight excluding hydrogens is 454 g/mol. The number of rotatable bonds is 8. The molecule has 0 radical (unpaired) electrons. The molecule has 0 spiro atoms. The fourth-order valence-electron chi connectivity index (χ4n) is 4.39. The van der Waals surface area contributed by atoms with Crippen LogP contribution in [0.5, 0.6) is 5.88 Å². The lowest BCUT2D eigenvalue weighted by atomic mass is 10.1. The molecule has 1 atom stereocenters. The van der Waals surface area contributed by atoms with Crippen molar-refractivity contribution in [2.75, 3.05) is 44.4 Å². The van der Waals surface area contributed by atoms with Crippen molar-refractivity contribution in [2.45, 2.75) is 24.5 Å². The first-order valence-corrected chi connectivity index (χ1v) is 12.3. The Morgan fingerprint density at radius 2 is 2.09 bits per heavy atom. The molecule has 2 N–H and O–H groups in total. The minimum atomic E-state index is -0.0496. The fraction of sp³-hybridized carbons (Fsp3) is 0.435. The zero-order chi connectivity index (χ0) is 23.5. The molecule has 0 aromatic carbocycles. The molecule has 2 aliphatic rings. The first-order chi connectivity index (χ1) is 16.6. The number of nitrogens with zero attached hydrogens (tertiary/aromatic N) is 5. The van der Waals surface area contributed by atoms with Crippen molar-refractivity contribution >= 4 is 34.5 Å². The van der Waals surface area contributed by atoms with Crippen LogP contribution >= 0.6 is 11.8 Å². The number of carbonyl (C=O) groups excluding carboxylic acids is 1. The van der Waals surface area contributed by atoms with Crippen molar-refractivity contribution in [1.29, 1.82) is 0 Å². The summed E-state index contributed by atoms with van der Waals surface area (Å²) in [5.74, 6) is 1.94. The summed E-state index contributed by atoms with van der Waals surface area (Å²) in [5.41, 5.74) is 1.42. The molecule has 0 bridgehead atoms. The quantitative estimate of drug-likeness (QED) is 0.492. The van der Waals surface area contributed by atoms with Gasteiger partial charge in [-0.2, -0.15) is 4.98 Å². The smallest absolute Gasteiger partial charge is 0.252 e. The van der Waals surface area contributed by atoms with E-state index >= 15 is 0 Å². The van der Waals surface area contributed by atoms with Crippen LogP contribution in [0.15, 0.2) is 40.3 Å². The maximum atomic E-state index is 12.5. The Morgan fingerprint density at radius 3 is 2.97 bits per heavy atom. The molecule has 178 valence electrons. The van der Waals surface area contributed by atoms with Crippen molar-refractivity contribution in [1.82, 2.24) is 29.7 Å². The predicted molar refractivity (Wildman–Crippen MR) is 130 cm³/mol. The van der Waals surface area contributed by atoms with E-state index in [1.165, 1.54) is 11.8 Å². The van der Waals surface area contributed by atoms with E-state index in [1.807, 2.05) is 6.07 Å². The summed E-state index contributed by atoms with van der Waals surface area (Å²) >= 11 is 1.41. The van der Waals surface area contributed by atoms with E-state index in [0.717, 1.165) is 48.7 Å². The first kappa shape index (κ1) is 22.8. The number of fused-ring (bicyclic) bond motifs is 2. The van der Waals surface area contributed by atoms with Crippen molar-refractivity contribution in [3.63, 3.8) is 0 Å². The van der Waals surface area contributed by atoms with Crippen LogP contribution in [0.4, 0.5) is 5.82 Å². The molecule has 3 aromatic rings. The molecule has 0 unspecified atom stereocenters. The van der Waals surface area contributed by atoms with Gasteiger partial charge in [0.05, 0.1) is 24.8 Å². The van der Waals surface area contributed by atoms with Crippen molar-refractivity contribution in [2.24, 2.45) is 5.92 Å². The molecule has 1 fully saturated rings. The zero-order valence-corrected chi connectivity index (χ0v) is 19.8. The van der Waals surface area contributed by atoms with Crippen molar-refractivity contribution in [3.8, 4) is 5.88 Å². The largest absolute Gasteiger partial charge is 0.481 e. The van der Waals surface area contributed by atoms with Gasteiger partial charge in [0.2, 0.25) is 11.8 Å². The number of methoxy groups -OCH3 is 1. The second kappa shape index (κ2) is 10.1. The SMILES string of the molecule is COc1ccc2ccc(=O)n(CCN3CC[C@@H](CNCc4cnc5c(n4)NC(=O)CS5)C3)c2n1. The minimum Gasteiger partial charge on any atom is -0.481 e. The van der Waals surface area contributed by atoms with Crippen LogP contribution in [0.3, 0.4) is 0 Å². The summed E-state index contributed by atoms with van der Waals surface area (Å²) in [7, 11) is 1.58. The lowest BCUT2D eigenvalue weighted by Gasteiger charge is -2.18. The van der Waals surface area contributed by atoms with Gasteiger partial charge < -0.3 is 20.3 Å². The molecule has 34 heavy (non-hydrogen) atoms. The number of aromatic nitrogens is 4. The standard InChI is InChI=1S/C23H27N7O3S/c1-33-19-4-2-16-3-5-20(32)30(22(16)28-19)9-8-29-7-6-15(13-29)10-24-11-17-12-25-23-21(26-17)27-18(31)14-34-23/h2-5,12,15,24H,6-11,13-14H2,1H3,(H,26,27,31)/t15-/m0/s1. The van der Waals surface area contributed by atoms with Gasteiger partial charge in [0.25, 0.3) is 5.56 Å². The Labute approximate surface area is 201 Å². The van der Waals surface area contributed by atoms with Crippen LogP contribution < -0.4 is 20.9 Å². The van der Waals surface area contributed by atoms with Crippen LogP contribution in [-0.2, 0) is 17.9 Å². The number of ether oxygens (including phenoxy) is 1. The average molecular weight is 482 g/mol. The highest BCUT2D eigenvalue weighted by Crippen LogP contribution is 2.27. The Balaban J connectivity index is 1.13. The first-order valence-electron chi connectivity index (χ1n) is 11.4. The zero-order valence-electron chi connectivity index (χ0n) is 19.0. The lowest BCUT2D eigenvalue weighted by molar-refractivity contribution is -0.113. The molecule has 0 saturated carbocycles. The third-order valence-corrected chi connectivity index (χ3v) is 7.13. The molecule has 3 aromatic heterocycles. The van der Waals surface area contributed by atoms with Crippen LogP contribution in [0.1, 0.15) is 12.1 Å². The Kier molecular flexibility index (Phi) is 6.75. The summed E-state index contributed by atoms with van der Waals surface area (Å²) in [6.07, 6.45) is 2.87. The second-order valence-corrected chi connectivity index (χ2v) is 9.49. The molecular formula is C23H27N7O3S. The number of hydrogen-bond donors (Lipinski definition) is 2. The average Bonchev–Trinajstić information content (AvgIpc) is 3.30. The number of thioether (sulfide) groups is 1. The minimum absolute atomic E-state index is 0.0383. The molecule has 11 heteroatoms. The van der Waals surface area contributed by atoms with Crippen molar-refractivity contribution < 1.29 is 9.53 Å². The fourth-order valence-corrected chi connectivity index (χ4v) is 5.09. The number of likely N-dealkylation sites (tertiary alicyclic amines) is 1. The highest BCUT2D eigenvalue weighted by atomic mass is 32.2. The molecule has 1 saturated heterocycles. The maximum absolute atomic E-state index is 12.5. The third kappa shape index (κ3) is 5.06. The third-order valence-electron chi connectivity index (χ3n) is 6.15. The van der Waals surface area contributed by atoms with Gasteiger partial charge in [-0.15, -0.1) is 0 Å².